The van der Waals surface area contributed by atoms with Crippen molar-refractivity contribution < 1.29 is 9.18 Å². The molecule has 0 saturated carbocycles. The van der Waals surface area contributed by atoms with Crippen molar-refractivity contribution in [2.75, 3.05) is 23.3 Å². The summed E-state index contributed by atoms with van der Waals surface area (Å²) < 4.78 is 14.7. The molecule has 9 nitrogen and oxygen atoms in total. The van der Waals surface area contributed by atoms with E-state index in [2.05, 4.69) is 32.1 Å². The number of H-pyrrole nitrogens is 1. The molecule has 1 amide bonds. The average Bonchev–Trinajstić information content (AvgIpc) is 2.76. The number of piperidine rings is 1. The molecule has 1 aliphatic heterocycles. The Kier molecular flexibility index (Phi) is 5.61. The number of amides is 1. The van der Waals surface area contributed by atoms with E-state index in [-0.39, 0.29) is 17.1 Å². The van der Waals surface area contributed by atoms with Gasteiger partial charge in [-0.1, -0.05) is 19.1 Å². The smallest absolute Gasteiger partial charge is 0.333 e. The summed E-state index contributed by atoms with van der Waals surface area (Å²) in [6, 6.07) is 6.96. The highest BCUT2D eigenvalue weighted by Gasteiger charge is 2.20. The number of hydrogen-bond acceptors (Lipinski definition) is 6. The summed E-state index contributed by atoms with van der Waals surface area (Å²) >= 11 is 0. The van der Waals surface area contributed by atoms with Crippen molar-refractivity contribution >= 4 is 17.5 Å². The molecule has 0 bridgehead atoms. The fourth-order valence-electron chi connectivity index (χ4n) is 3.50. The van der Waals surface area contributed by atoms with Gasteiger partial charge in [0.1, 0.15) is 29.3 Å². The highest BCUT2D eigenvalue weighted by atomic mass is 19.1. The topological polar surface area (TPSA) is 113 Å². The lowest BCUT2D eigenvalue weighted by molar-refractivity contribution is 0.102. The number of rotatable bonds is 4. The van der Waals surface area contributed by atoms with Gasteiger partial charge in [-0.25, -0.2) is 23.7 Å². The number of hydrogen-bond donors (Lipinski definition) is 2. The van der Waals surface area contributed by atoms with Gasteiger partial charge >= 0.3 is 5.69 Å². The van der Waals surface area contributed by atoms with E-state index in [1.54, 1.807) is 6.07 Å². The Morgan fingerprint density at radius 3 is 2.68 bits per heavy atom. The molecule has 2 N–H and O–H groups in total. The van der Waals surface area contributed by atoms with E-state index in [4.69, 9.17) is 0 Å². The van der Waals surface area contributed by atoms with E-state index in [0.29, 0.717) is 16.3 Å². The summed E-state index contributed by atoms with van der Waals surface area (Å²) in [6.07, 6.45) is 4.45. The molecule has 0 radical (unpaired) electrons. The Labute approximate surface area is 176 Å². The zero-order valence-electron chi connectivity index (χ0n) is 16.8. The molecule has 0 aliphatic carbocycles. The quantitative estimate of drug-likeness (QED) is 0.662. The number of anilines is 2. The molecule has 3 aromatic rings. The highest BCUT2D eigenvalue weighted by Crippen LogP contribution is 2.22. The second-order valence-electron chi connectivity index (χ2n) is 7.48. The normalized spacial score (nSPS) is 14.5. The van der Waals surface area contributed by atoms with Gasteiger partial charge in [0, 0.05) is 25.4 Å². The first-order chi connectivity index (χ1) is 14.9. The van der Waals surface area contributed by atoms with E-state index in [1.165, 1.54) is 24.5 Å². The number of carbonyl (C=O) groups is 1. The van der Waals surface area contributed by atoms with Crippen LogP contribution in [0.4, 0.5) is 16.0 Å². The maximum atomic E-state index is 14.1. The van der Waals surface area contributed by atoms with Crippen molar-refractivity contribution in [3.63, 3.8) is 0 Å². The van der Waals surface area contributed by atoms with Crippen molar-refractivity contribution in [1.29, 1.82) is 0 Å². The van der Waals surface area contributed by atoms with Gasteiger partial charge < -0.3 is 15.2 Å². The van der Waals surface area contributed by atoms with Gasteiger partial charge in [-0.15, -0.1) is 0 Å². The van der Waals surface area contributed by atoms with E-state index in [0.717, 1.165) is 38.2 Å². The Morgan fingerprint density at radius 2 is 1.94 bits per heavy atom. The Hall–Kier alpha value is -3.82. The first-order valence-corrected chi connectivity index (χ1v) is 9.92. The SMILES string of the molecule is CC1CCN(c2cc(NC(=O)c3c[nH]c(=O)n(-c4ccccc4F)c3=O)ncn2)CC1. The number of carbonyl (C=O) groups excluding carboxylic acids is 1. The first-order valence-electron chi connectivity index (χ1n) is 9.92. The van der Waals surface area contributed by atoms with Gasteiger partial charge in [-0.2, -0.15) is 0 Å². The van der Waals surface area contributed by atoms with Gasteiger partial charge in [0.2, 0.25) is 0 Å². The number of halogens is 1. The van der Waals surface area contributed by atoms with Crippen LogP contribution in [-0.4, -0.2) is 38.5 Å². The van der Waals surface area contributed by atoms with Crippen LogP contribution in [0.1, 0.15) is 30.1 Å². The summed E-state index contributed by atoms with van der Waals surface area (Å²) in [5.74, 6) is 0.0282. The molecule has 3 heterocycles. The second kappa shape index (κ2) is 8.50. The van der Waals surface area contributed by atoms with Gasteiger partial charge in [0.15, 0.2) is 0 Å². The van der Waals surface area contributed by atoms with Crippen LogP contribution in [0.3, 0.4) is 0 Å². The summed E-state index contributed by atoms with van der Waals surface area (Å²) in [7, 11) is 0. The maximum Gasteiger partial charge on any atom is 0.333 e. The lowest BCUT2D eigenvalue weighted by atomic mass is 9.99. The zero-order chi connectivity index (χ0) is 22.0. The monoisotopic (exact) mass is 424 g/mol. The highest BCUT2D eigenvalue weighted by molar-refractivity contribution is 6.03. The number of aromatic nitrogens is 4. The Bertz CT molecular complexity index is 1230. The fourth-order valence-corrected chi connectivity index (χ4v) is 3.50. The van der Waals surface area contributed by atoms with Crippen molar-refractivity contribution in [2.45, 2.75) is 19.8 Å². The van der Waals surface area contributed by atoms with Crippen molar-refractivity contribution in [3.8, 4) is 5.69 Å². The maximum absolute atomic E-state index is 14.1. The molecule has 4 rings (SSSR count). The number of nitrogens with zero attached hydrogens (tertiary/aromatic N) is 4. The van der Waals surface area contributed by atoms with E-state index in [1.807, 2.05) is 0 Å². The van der Waals surface area contributed by atoms with E-state index < -0.39 is 23.0 Å². The minimum Gasteiger partial charge on any atom is -0.356 e. The zero-order valence-corrected chi connectivity index (χ0v) is 16.8. The number of para-hydroxylation sites is 1. The third-order valence-corrected chi connectivity index (χ3v) is 5.32. The van der Waals surface area contributed by atoms with Crippen LogP contribution in [0.2, 0.25) is 0 Å². The number of aromatic amines is 1. The molecular weight excluding hydrogens is 403 g/mol. The molecule has 31 heavy (non-hydrogen) atoms. The fraction of sp³-hybridized carbons (Fsp3) is 0.286. The molecule has 0 atom stereocenters. The number of nitrogens with one attached hydrogen (secondary N) is 2. The van der Waals surface area contributed by atoms with Crippen LogP contribution in [0.5, 0.6) is 0 Å². The molecule has 1 aliphatic rings. The summed E-state index contributed by atoms with van der Waals surface area (Å²) in [5.41, 5.74) is -2.39. The van der Waals surface area contributed by atoms with Crippen molar-refractivity contribution in [3.05, 3.63) is 75.1 Å². The standard InChI is InChI=1S/C21H21FN6O3/c1-13-6-8-27(9-7-13)18-10-17(24-12-25-18)26-19(29)14-11-23-21(31)28(20(14)30)16-5-3-2-4-15(16)22/h2-5,10-13H,6-9H2,1H3,(H,23,31)(H,24,25,26,29). The molecular formula is C21H21FN6O3. The Balaban J connectivity index is 1.61. The second-order valence-corrected chi connectivity index (χ2v) is 7.48. The summed E-state index contributed by atoms with van der Waals surface area (Å²) in [4.78, 5) is 50.4. The lowest BCUT2D eigenvalue weighted by Crippen LogP contribution is -2.38. The van der Waals surface area contributed by atoms with Crippen LogP contribution in [0.25, 0.3) is 5.69 Å². The van der Waals surface area contributed by atoms with Crippen LogP contribution < -0.4 is 21.5 Å². The third kappa shape index (κ3) is 4.23. The third-order valence-electron chi connectivity index (χ3n) is 5.32. The van der Waals surface area contributed by atoms with Gasteiger partial charge in [0.25, 0.3) is 11.5 Å². The van der Waals surface area contributed by atoms with Crippen LogP contribution in [0.15, 0.2) is 52.4 Å². The van der Waals surface area contributed by atoms with Gasteiger partial charge in [0.05, 0.1) is 5.69 Å². The summed E-state index contributed by atoms with van der Waals surface area (Å²) in [6.45, 7) is 3.93. The molecule has 160 valence electrons. The van der Waals surface area contributed by atoms with E-state index >= 15 is 0 Å². The molecule has 1 aromatic carbocycles. The first kappa shape index (κ1) is 20.5. The minimum atomic E-state index is -0.939. The molecule has 1 fully saturated rings. The lowest BCUT2D eigenvalue weighted by Gasteiger charge is -2.31. The van der Waals surface area contributed by atoms with E-state index in [9.17, 15) is 18.8 Å². The molecule has 0 unspecified atom stereocenters. The molecule has 1 saturated heterocycles. The van der Waals surface area contributed by atoms with Gasteiger partial charge in [-0.3, -0.25) is 9.59 Å². The number of benzene rings is 1. The van der Waals surface area contributed by atoms with Gasteiger partial charge in [-0.05, 0) is 30.9 Å². The largest absolute Gasteiger partial charge is 0.356 e. The van der Waals surface area contributed by atoms with Crippen LogP contribution >= 0.6 is 0 Å². The summed E-state index contributed by atoms with van der Waals surface area (Å²) in [5, 5.41) is 2.55. The van der Waals surface area contributed by atoms with Crippen molar-refractivity contribution in [2.24, 2.45) is 5.92 Å². The minimum absolute atomic E-state index is 0.219. The molecule has 10 heteroatoms. The molecule has 2 aromatic heterocycles. The predicted molar refractivity (Wildman–Crippen MR) is 113 cm³/mol. The predicted octanol–water partition coefficient (Wildman–Crippen LogP) is 1.94. The van der Waals surface area contributed by atoms with Crippen molar-refractivity contribution in [1.82, 2.24) is 19.5 Å². The Morgan fingerprint density at radius 1 is 1.19 bits per heavy atom. The molecule has 0 spiro atoms. The average molecular weight is 424 g/mol. The van der Waals surface area contributed by atoms with Crippen LogP contribution in [-0.2, 0) is 0 Å². The van der Waals surface area contributed by atoms with Crippen LogP contribution in [0, 0.1) is 11.7 Å².